The molecule has 0 radical (unpaired) electrons. The van der Waals surface area contributed by atoms with Gasteiger partial charge in [0, 0.05) is 32.3 Å². The zero-order valence-electron chi connectivity index (χ0n) is 11.0. The standard InChI is InChI=1S/C11H24N2O3S/c1-10(2)12-5-8-17(14,15)13-6-4-7-16-11(3)9-13/h10-12H,4-9H2,1-3H3. The Balaban J connectivity index is 2.50. The molecule has 1 rings (SSSR count). The number of rotatable bonds is 5. The van der Waals surface area contributed by atoms with Gasteiger partial charge in [-0.05, 0) is 13.3 Å². The fourth-order valence-corrected chi connectivity index (χ4v) is 3.29. The highest BCUT2D eigenvalue weighted by molar-refractivity contribution is 7.89. The molecule has 0 aromatic rings. The van der Waals surface area contributed by atoms with Crippen molar-refractivity contribution in [2.75, 3.05) is 32.0 Å². The van der Waals surface area contributed by atoms with Gasteiger partial charge in [0.15, 0.2) is 0 Å². The lowest BCUT2D eigenvalue weighted by Crippen LogP contribution is -2.40. The van der Waals surface area contributed by atoms with Crippen molar-refractivity contribution in [3.05, 3.63) is 0 Å². The summed E-state index contributed by atoms with van der Waals surface area (Å²) in [5.74, 6) is 0.165. The molecule has 0 aliphatic carbocycles. The zero-order chi connectivity index (χ0) is 12.9. The van der Waals surface area contributed by atoms with Crippen molar-refractivity contribution in [2.24, 2.45) is 0 Å². The molecule has 1 fully saturated rings. The first-order chi connectivity index (χ1) is 7.92. The van der Waals surface area contributed by atoms with E-state index in [4.69, 9.17) is 4.74 Å². The Morgan fingerprint density at radius 3 is 2.82 bits per heavy atom. The van der Waals surface area contributed by atoms with E-state index in [1.807, 2.05) is 20.8 Å². The molecule has 1 heterocycles. The maximum absolute atomic E-state index is 12.1. The predicted molar refractivity (Wildman–Crippen MR) is 68.5 cm³/mol. The van der Waals surface area contributed by atoms with E-state index in [2.05, 4.69) is 5.32 Å². The van der Waals surface area contributed by atoms with Crippen LogP contribution in [-0.4, -0.2) is 56.9 Å². The van der Waals surface area contributed by atoms with Gasteiger partial charge in [0.25, 0.3) is 0 Å². The van der Waals surface area contributed by atoms with Gasteiger partial charge in [-0.3, -0.25) is 0 Å². The summed E-state index contributed by atoms with van der Waals surface area (Å²) in [4.78, 5) is 0. The molecule has 0 aromatic heterocycles. The zero-order valence-corrected chi connectivity index (χ0v) is 11.8. The molecule has 0 spiro atoms. The van der Waals surface area contributed by atoms with Crippen LogP contribution < -0.4 is 5.32 Å². The first kappa shape index (κ1) is 14.9. The SMILES string of the molecule is CC(C)NCCS(=O)(=O)N1CCCOC(C)C1. The molecule has 102 valence electrons. The van der Waals surface area contributed by atoms with Crippen LogP contribution in [0, 0.1) is 0 Å². The average molecular weight is 264 g/mol. The first-order valence-corrected chi connectivity index (χ1v) is 7.85. The van der Waals surface area contributed by atoms with Gasteiger partial charge in [-0.2, -0.15) is 4.31 Å². The van der Waals surface area contributed by atoms with Crippen molar-refractivity contribution in [2.45, 2.75) is 39.3 Å². The molecule has 1 atom stereocenters. The molecule has 5 nitrogen and oxygen atoms in total. The van der Waals surface area contributed by atoms with Gasteiger partial charge in [-0.15, -0.1) is 0 Å². The molecule has 6 heteroatoms. The van der Waals surface area contributed by atoms with Crippen LogP contribution in [0.4, 0.5) is 0 Å². The Labute approximate surface area is 105 Å². The van der Waals surface area contributed by atoms with Gasteiger partial charge in [0.05, 0.1) is 11.9 Å². The van der Waals surface area contributed by atoms with Crippen molar-refractivity contribution in [1.82, 2.24) is 9.62 Å². The summed E-state index contributed by atoms with van der Waals surface area (Å²) in [5, 5.41) is 3.13. The van der Waals surface area contributed by atoms with Gasteiger partial charge < -0.3 is 10.1 Å². The molecule has 0 bridgehead atoms. The van der Waals surface area contributed by atoms with Crippen molar-refractivity contribution < 1.29 is 13.2 Å². The molecule has 0 aromatic carbocycles. The Kier molecular flexibility index (Phi) is 5.85. The summed E-state index contributed by atoms with van der Waals surface area (Å²) in [6, 6.07) is 0.316. The second-order valence-corrected chi connectivity index (χ2v) is 6.91. The van der Waals surface area contributed by atoms with E-state index in [-0.39, 0.29) is 11.9 Å². The average Bonchev–Trinajstić information content (AvgIpc) is 2.42. The van der Waals surface area contributed by atoms with Crippen molar-refractivity contribution in [1.29, 1.82) is 0 Å². The van der Waals surface area contributed by atoms with E-state index in [0.29, 0.717) is 32.3 Å². The molecular weight excluding hydrogens is 240 g/mol. The third-order valence-corrected chi connectivity index (χ3v) is 4.56. The summed E-state index contributed by atoms with van der Waals surface area (Å²) in [6.45, 7) is 8.14. The number of hydrogen-bond donors (Lipinski definition) is 1. The Bertz CT molecular complexity index is 317. The molecule has 0 saturated carbocycles. The number of sulfonamides is 1. The van der Waals surface area contributed by atoms with E-state index in [0.717, 1.165) is 6.42 Å². The van der Waals surface area contributed by atoms with Crippen molar-refractivity contribution in [3.8, 4) is 0 Å². The Hall–Kier alpha value is -0.170. The second-order valence-electron chi connectivity index (χ2n) is 4.82. The van der Waals surface area contributed by atoms with Crippen LogP contribution in [-0.2, 0) is 14.8 Å². The van der Waals surface area contributed by atoms with E-state index in [9.17, 15) is 8.42 Å². The Morgan fingerprint density at radius 1 is 1.47 bits per heavy atom. The van der Waals surface area contributed by atoms with Gasteiger partial charge >= 0.3 is 0 Å². The smallest absolute Gasteiger partial charge is 0.215 e. The largest absolute Gasteiger partial charge is 0.377 e. The summed E-state index contributed by atoms with van der Waals surface area (Å²) < 4.78 is 31.2. The molecule has 1 saturated heterocycles. The quantitative estimate of drug-likeness (QED) is 0.782. The van der Waals surface area contributed by atoms with Crippen LogP contribution in [0.5, 0.6) is 0 Å². The van der Waals surface area contributed by atoms with Crippen LogP contribution in [0.1, 0.15) is 27.2 Å². The van der Waals surface area contributed by atoms with E-state index >= 15 is 0 Å². The molecular formula is C11H24N2O3S. The highest BCUT2D eigenvalue weighted by Gasteiger charge is 2.25. The number of hydrogen-bond acceptors (Lipinski definition) is 4. The van der Waals surface area contributed by atoms with E-state index in [1.54, 1.807) is 4.31 Å². The van der Waals surface area contributed by atoms with Crippen LogP contribution >= 0.6 is 0 Å². The molecule has 1 aliphatic heterocycles. The molecule has 1 unspecified atom stereocenters. The minimum atomic E-state index is -3.14. The summed E-state index contributed by atoms with van der Waals surface area (Å²) in [5.41, 5.74) is 0. The number of nitrogens with zero attached hydrogens (tertiary/aromatic N) is 1. The minimum absolute atomic E-state index is 0.00895. The van der Waals surface area contributed by atoms with Gasteiger partial charge in [0.1, 0.15) is 0 Å². The summed E-state index contributed by atoms with van der Waals surface area (Å²) in [7, 11) is -3.14. The maximum atomic E-state index is 12.1. The third-order valence-electron chi connectivity index (χ3n) is 2.72. The van der Waals surface area contributed by atoms with E-state index in [1.165, 1.54) is 0 Å². The molecule has 17 heavy (non-hydrogen) atoms. The lowest BCUT2D eigenvalue weighted by atomic mass is 10.4. The van der Waals surface area contributed by atoms with Crippen LogP contribution in [0.2, 0.25) is 0 Å². The minimum Gasteiger partial charge on any atom is -0.377 e. The van der Waals surface area contributed by atoms with Gasteiger partial charge in [-0.1, -0.05) is 13.8 Å². The molecule has 1 aliphatic rings. The number of ether oxygens (including phenoxy) is 1. The monoisotopic (exact) mass is 264 g/mol. The number of nitrogens with one attached hydrogen (secondary N) is 1. The summed E-state index contributed by atoms with van der Waals surface area (Å²) >= 11 is 0. The second kappa shape index (κ2) is 6.68. The van der Waals surface area contributed by atoms with Crippen molar-refractivity contribution in [3.63, 3.8) is 0 Å². The third kappa shape index (κ3) is 5.33. The van der Waals surface area contributed by atoms with Gasteiger partial charge in [0.2, 0.25) is 10.0 Å². The normalized spacial score (nSPS) is 23.9. The highest BCUT2D eigenvalue weighted by Crippen LogP contribution is 2.10. The van der Waals surface area contributed by atoms with E-state index < -0.39 is 10.0 Å². The fraction of sp³-hybridized carbons (Fsp3) is 1.00. The first-order valence-electron chi connectivity index (χ1n) is 6.24. The van der Waals surface area contributed by atoms with Gasteiger partial charge in [-0.25, -0.2) is 8.42 Å². The summed E-state index contributed by atoms with van der Waals surface area (Å²) in [6.07, 6.45) is 0.770. The van der Waals surface area contributed by atoms with Crippen molar-refractivity contribution >= 4 is 10.0 Å². The van der Waals surface area contributed by atoms with Crippen LogP contribution in [0.15, 0.2) is 0 Å². The van der Waals surface area contributed by atoms with Crippen LogP contribution in [0.25, 0.3) is 0 Å². The highest BCUT2D eigenvalue weighted by atomic mass is 32.2. The molecule has 1 N–H and O–H groups in total. The lowest BCUT2D eigenvalue weighted by Gasteiger charge is -2.22. The topological polar surface area (TPSA) is 58.6 Å². The predicted octanol–water partition coefficient (Wildman–Crippen LogP) is 0.425. The van der Waals surface area contributed by atoms with Crippen LogP contribution in [0.3, 0.4) is 0 Å². The fourth-order valence-electron chi connectivity index (χ4n) is 1.81. The molecule has 0 amide bonds. The Morgan fingerprint density at radius 2 is 2.18 bits per heavy atom. The lowest BCUT2D eigenvalue weighted by molar-refractivity contribution is 0.0752. The maximum Gasteiger partial charge on any atom is 0.215 e.